The maximum absolute atomic E-state index is 13.2. The van der Waals surface area contributed by atoms with E-state index in [0.29, 0.717) is 12.3 Å². The SMILES string of the molecule is COc1cccc(N2C[C@H](NC(=O)c3cccc(F)c3)CC2=O)c1. The Morgan fingerprint density at radius 1 is 1.25 bits per heavy atom. The number of carbonyl (C=O) groups is 2. The number of methoxy groups -OCH3 is 1. The van der Waals surface area contributed by atoms with Gasteiger partial charge in [-0.2, -0.15) is 0 Å². The zero-order valence-electron chi connectivity index (χ0n) is 13.2. The first-order valence-corrected chi connectivity index (χ1v) is 7.57. The Hall–Kier alpha value is -2.89. The summed E-state index contributed by atoms with van der Waals surface area (Å²) in [6.45, 7) is 0.368. The highest BCUT2D eigenvalue weighted by atomic mass is 19.1. The molecule has 0 saturated carbocycles. The van der Waals surface area contributed by atoms with E-state index < -0.39 is 5.82 Å². The smallest absolute Gasteiger partial charge is 0.251 e. The number of nitrogens with one attached hydrogen (secondary N) is 1. The highest BCUT2D eigenvalue weighted by molar-refractivity contribution is 5.99. The van der Waals surface area contributed by atoms with Crippen molar-refractivity contribution in [1.82, 2.24) is 5.32 Å². The lowest BCUT2D eigenvalue weighted by Crippen LogP contribution is -2.37. The van der Waals surface area contributed by atoms with Gasteiger partial charge in [-0.15, -0.1) is 0 Å². The number of carbonyl (C=O) groups excluding carboxylic acids is 2. The van der Waals surface area contributed by atoms with Crippen LogP contribution < -0.4 is 15.0 Å². The first-order chi connectivity index (χ1) is 11.6. The van der Waals surface area contributed by atoms with Gasteiger partial charge in [0.15, 0.2) is 0 Å². The minimum Gasteiger partial charge on any atom is -0.497 e. The largest absolute Gasteiger partial charge is 0.497 e. The number of benzene rings is 2. The molecule has 0 radical (unpaired) electrons. The van der Waals surface area contributed by atoms with Crippen molar-refractivity contribution in [1.29, 1.82) is 0 Å². The molecule has 0 bridgehead atoms. The van der Waals surface area contributed by atoms with E-state index in [0.717, 1.165) is 5.69 Å². The predicted molar refractivity (Wildman–Crippen MR) is 87.6 cm³/mol. The van der Waals surface area contributed by atoms with Crippen molar-refractivity contribution >= 4 is 17.5 Å². The topological polar surface area (TPSA) is 58.6 Å². The summed E-state index contributed by atoms with van der Waals surface area (Å²) in [7, 11) is 1.56. The van der Waals surface area contributed by atoms with E-state index in [2.05, 4.69) is 5.32 Å². The number of amides is 2. The molecule has 2 aromatic rings. The van der Waals surface area contributed by atoms with Crippen LogP contribution in [0.1, 0.15) is 16.8 Å². The van der Waals surface area contributed by atoms with E-state index in [1.807, 2.05) is 6.07 Å². The predicted octanol–water partition coefficient (Wildman–Crippen LogP) is 2.37. The Bertz CT molecular complexity index is 778. The van der Waals surface area contributed by atoms with Gasteiger partial charge in [-0.05, 0) is 30.3 Å². The molecule has 6 heteroatoms. The summed E-state index contributed by atoms with van der Waals surface area (Å²) in [5.41, 5.74) is 0.962. The van der Waals surface area contributed by atoms with Crippen molar-refractivity contribution in [3.05, 3.63) is 59.9 Å². The number of hydrogen-bond acceptors (Lipinski definition) is 3. The third-order valence-corrected chi connectivity index (χ3v) is 3.91. The Kier molecular flexibility index (Phi) is 4.46. The molecule has 24 heavy (non-hydrogen) atoms. The molecule has 0 spiro atoms. The summed E-state index contributed by atoms with van der Waals surface area (Å²) in [5, 5.41) is 2.78. The van der Waals surface area contributed by atoms with Crippen molar-refractivity contribution < 1.29 is 18.7 Å². The van der Waals surface area contributed by atoms with Crippen LogP contribution in [0.25, 0.3) is 0 Å². The normalized spacial score (nSPS) is 17.0. The van der Waals surface area contributed by atoms with Gasteiger partial charge in [0.1, 0.15) is 11.6 Å². The fraction of sp³-hybridized carbons (Fsp3) is 0.222. The fourth-order valence-electron chi connectivity index (χ4n) is 2.73. The molecule has 3 rings (SSSR count). The minimum atomic E-state index is -0.469. The van der Waals surface area contributed by atoms with Crippen molar-refractivity contribution in [2.24, 2.45) is 0 Å². The zero-order chi connectivity index (χ0) is 17.1. The average molecular weight is 328 g/mol. The summed E-state index contributed by atoms with van der Waals surface area (Å²) in [6, 6.07) is 12.3. The third-order valence-electron chi connectivity index (χ3n) is 3.91. The zero-order valence-corrected chi connectivity index (χ0v) is 13.2. The minimum absolute atomic E-state index is 0.0761. The van der Waals surface area contributed by atoms with Gasteiger partial charge in [-0.3, -0.25) is 9.59 Å². The van der Waals surface area contributed by atoms with Crippen LogP contribution in [-0.2, 0) is 4.79 Å². The summed E-state index contributed by atoms with van der Waals surface area (Å²) in [4.78, 5) is 26.0. The molecule has 0 unspecified atom stereocenters. The van der Waals surface area contributed by atoms with Gasteiger partial charge in [0, 0.05) is 30.3 Å². The molecule has 1 aliphatic rings. The summed E-state index contributed by atoms with van der Waals surface area (Å²) >= 11 is 0. The first kappa shape index (κ1) is 16.0. The Morgan fingerprint density at radius 3 is 2.79 bits per heavy atom. The molecule has 1 heterocycles. The van der Waals surface area contributed by atoms with E-state index in [-0.39, 0.29) is 29.8 Å². The second kappa shape index (κ2) is 6.70. The van der Waals surface area contributed by atoms with Crippen LogP contribution in [-0.4, -0.2) is 31.5 Å². The quantitative estimate of drug-likeness (QED) is 0.937. The highest BCUT2D eigenvalue weighted by Crippen LogP contribution is 2.25. The lowest BCUT2D eigenvalue weighted by atomic mass is 10.2. The van der Waals surface area contributed by atoms with Crippen LogP contribution in [0.15, 0.2) is 48.5 Å². The molecule has 124 valence electrons. The summed E-state index contributed by atoms with van der Waals surface area (Å²) in [5.74, 6) is -0.275. The molecular weight excluding hydrogens is 311 g/mol. The monoisotopic (exact) mass is 328 g/mol. The molecule has 2 aromatic carbocycles. The van der Waals surface area contributed by atoms with Crippen LogP contribution in [0.5, 0.6) is 5.75 Å². The lowest BCUT2D eigenvalue weighted by Gasteiger charge is -2.18. The second-order valence-corrected chi connectivity index (χ2v) is 5.59. The van der Waals surface area contributed by atoms with Gasteiger partial charge in [0.05, 0.1) is 13.2 Å². The van der Waals surface area contributed by atoms with Crippen LogP contribution in [0.3, 0.4) is 0 Å². The number of rotatable bonds is 4. The third kappa shape index (κ3) is 3.37. The van der Waals surface area contributed by atoms with Gasteiger partial charge in [0.2, 0.25) is 5.91 Å². The van der Waals surface area contributed by atoms with E-state index in [1.54, 1.807) is 30.2 Å². The molecule has 1 aliphatic heterocycles. The molecule has 1 saturated heterocycles. The highest BCUT2D eigenvalue weighted by Gasteiger charge is 2.31. The Labute approximate surface area is 139 Å². The fourth-order valence-corrected chi connectivity index (χ4v) is 2.73. The molecule has 1 fully saturated rings. The Morgan fingerprint density at radius 2 is 2.04 bits per heavy atom. The lowest BCUT2D eigenvalue weighted by molar-refractivity contribution is -0.117. The number of halogens is 1. The van der Waals surface area contributed by atoms with Crippen LogP contribution in [0.4, 0.5) is 10.1 Å². The van der Waals surface area contributed by atoms with Crippen LogP contribution in [0, 0.1) is 5.82 Å². The standard InChI is InChI=1S/C18H17FN2O3/c1-24-16-7-3-6-15(10-16)21-11-14(9-17(21)22)20-18(23)12-4-2-5-13(19)8-12/h2-8,10,14H,9,11H2,1H3,(H,20,23)/t14-/m1/s1. The van der Waals surface area contributed by atoms with Crippen molar-refractivity contribution in [3.8, 4) is 5.75 Å². The molecular formula is C18H17FN2O3. The van der Waals surface area contributed by atoms with Gasteiger partial charge in [-0.25, -0.2) is 4.39 Å². The van der Waals surface area contributed by atoms with Crippen molar-refractivity contribution in [2.45, 2.75) is 12.5 Å². The van der Waals surface area contributed by atoms with Gasteiger partial charge >= 0.3 is 0 Å². The Balaban J connectivity index is 1.69. The van der Waals surface area contributed by atoms with E-state index in [1.165, 1.54) is 24.3 Å². The van der Waals surface area contributed by atoms with Gasteiger partial charge < -0.3 is 15.0 Å². The van der Waals surface area contributed by atoms with E-state index in [9.17, 15) is 14.0 Å². The van der Waals surface area contributed by atoms with Crippen molar-refractivity contribution in [2.75, 3.05) is 18.6 Å². The van der Waals surface area contributed by atoms with Gasteiger partial charge in [-0.1, -0.05) is 12.1 Å². The maximum Gasteiger partial charge on any atom is 0.251 e. The second-order valence-electron chi connectivity index (χ2n) is 5.59. The molecule has 1 N–H and O–H groups in total. The first-order valence-electron chi connectivity index (χ1n) is 7.57. The summed E-state index contributed by atoms with van der Waals surface area (Å²) in [6.07, 6.45) is 0.207. The average Bonchev–Trinajstić information content (AvgIpc) is 2.95. The maximum atomic E-state index is 13.2. The number of ether oxygens (including phenoxy) is 1. The van der Waals surface area contributed by atoms with E-state index >= 15 is 0 Å². The van der Waals surface area contributed by atoms with E-state index in [4.69, 9.17) is 4.74 Å². The molecule has 0 aromatic heterocycles. The number of hydrogen-bond donors (Lipinski definition) is 1. The molecule has 2 amide bonds. The summed E-state index contributed by atoms with van der Waals surface area (Å²) < 4.78 is 18.4. The molecule has 1 atom stereocenters. The van der Waals surface area contributed by atoms with Crippen molar-refractivity contribution in [3.63, 3.8) is 0 Å². The number of nitrogens with zero attached hydrogens (tertiary/aromatic N) is 1. The number of anilines is 1. The van der Waals surface area contributed by atoms with Crippen LogP contribution >= 0.6 is 0 Å². The molecule has 5 nitrogen and oxygen atoms in total. The van der Waals surface area contributed by atoms with Gasteiger partial charge in [0.25, 0.3) is 5.91 Å². The molecule has 0 aliphatic carbocycles. The van der Waals surface area contributed by atoms with Crippen LogP contribution in [0.2, 0.25) is 0 Å².